The van der Waals surface area contributed by atoms with Gasteiger partial charge in [0.05, 0.1) is 11.3 Å². The van der Waals surface area contributed by atoms with E-state index in [1.807, 2.05) is 26.0 Å². The van der Waals surface area contributed by atoms with Gasteiger partial charge in [-0.15, -0.1) is 0 Å². The lowest BCUT2D eigenvalue weighted by Crippen LogP contribution is -2.09. The molecule has 0 atom stereocenters. The van der Waals surface area contributed by atoms with Crippen LogP contribution < -0.4 is 0 Å². The van der Waals surface area contributed by atoms with Crippen LogP contribution in [0.25, 0.3) is 11.3 Å². The molecule has 0 aliphatic rings. The van der Waals surface area contributed by atoms with Crippen molar-refractivity contribution in [3.63, 3.8) is 0 Å². The standard InChI is InChI=1S/C15H14F3N/c1-10(2)11-6-3-4-7-12(11)14-13(15(16,17)18)8-5-9-19-14/h3-10H,1-2H3. The average molecular weight is 265 g/mol. The van der Waals surface area contributed by atoms with E-state index in [0.29, 0.717) is 5.56 Å². The van der Waals surface area contributed by atoms with Gasteiger partial charge in [0.25, 0.3) is 0 Å². The summed E-state index contributed by atoms with van der Waals surface area (Å²) >= 11 is 0. The van der Waals surface area contributed by atoms with E-state index >= 15 is 0 Å². The number of hydrogen-bond acceptors (Lipinski definition) is 1. The highest BCUT2D eigenvalue weighted by molar-refractivity contribution is 5.68. The Bertz CT molecular complexity index is 574. The molecular weight excluding hydrogens is 251 g/mol. The zero-order valence-electron chi connectivity index (χ0n) is 10.7. The van der Waals surface area contributed by atoms with Crippen LogP contribution in [0.2, 0.25) is 0 Å². The quantitative estimate of drug-likeness (QED) is 0.753. The smallest absolute Gasteiger partial charge is 0.256 e. The van der Waals surface area contributed by atoms with E-state index in [2.05, 4.69) is 4.98 Å². The van der Waals surface area contributed by atoms with Gasteiger partial charge in [-0.25, -0.2) is 0 Å². The van der Waals surface area contributed by atoms with Gasteiger partial charge < -0.3 is 0 Å². The van der Waals surface area contributed by atoms with Crippen LogP contribution in [-0.2, 0) is 6.18 Å². The van der Waals surface area contributed by atoms with Gasteiger partial charge in [-0.05, 0) is 23.6 Å². The third-order valence-electron chi connectivity index (χ3n) is 2.95. The lowest BCUT2D eigenvalue weighted by atomic mass is 9.93. The van der Waals surface area contributed by atoms with Gasteiger partial charge in [-0.3, -0.25) is 4.98 Å². The summed E-state index contributed by atoms with van der Waals surface area (Å²) in [5.74, 6) is 0.138. The van der Waals surface area contributed by atoms with E-state index in [0.717, 1.165) is 11.6 Å². The van der Waals surface area contributed by atoms with Gasteiger partial charge >= 0.3 is 6.18 Å². The van der Waals surface area contributed by atoms with E-state index in [9.17, 15) is 13.2 Å². The topological polar surface area (TPSA) is 12.9 Å². The number of nitrogens with zero attached hydrogens (tertiary/aromatic N) is 1. The first-order valence-corrected chi connectivity index (χ1v) is 6.02. The molecule has 0 saturated carbocycles. The Balaban J connectivity index is 2.67. The van der Waals surface area contributed by atoms with Crippen molar-refractivity contribution in [1.82, 2.24) is 4.98 Å². The van der Waals surface area contributed by atoms with Gasteiger partial charge in [-0.2, -0.15) is 13.2 Å². The molecule has 1 heterocycles. The molecule has 1 aromatic heterocycles. The Morgan fingerprint density at radius 3 is 2.32 bits per heavy atom. The molecule has 100 valence electrons. The molecule has 0 fully saturated rings. The zero-order valence-corrected chi connectivity index (χ0v) is 10.7. The predicted molar refractivity (Wildman–Crippen MR) is 68.8 cm³/mol. The van der Waals surface area contributed by atoms with Crippen LogP contribution in [0.1, 0.15) is 30.9 Å². The van der Waals surface area contributed by atoms with Crippen LogP contribution in [0, 0.1) is 0 Å². The van der Waals surface area contributed by atoms with Crippen LogP contribution in [0.15, 0.2) is 42.6 Å². The first-order chi connectivity index (χ1) is 8.91. The molecule has 2 rings (SSSR count). The number of pyridine rings is 1. The molecule has 19 heavy (non-hydrogen) atoms. The number of benzene rings is 1. The Hall–Kier alpha value is -1.84. The summed E-state index contributed by atoms with van der Waals surface area (Å²) in [6, 6.07) is 9.47. The number of aromatic nitrogens is 1. The molecular formula is C15H14F3N. The summed E-state index contributed by atoms with van der Waals surface area (Å²) in [4.78, 5) is 3.94. The fraction of sp³-hybridized carbons (Fsp3) is 0.267. The minimum atomic E-state index is -4.40. The highest BCUT2D eigenvalue weighted by atomic mass is 19.4. The largest absolute Gasteiger partial charge is 0.418 e. The summed E-state index contributed by atoms with van der Waals surface area (Å²) in [5, 5.41) is 0. The highest BCUT2D eigenvalue weighted by Crippen LogP contribution is 2.38. The van der Waals surface area contributed by atoms with E-state index in [-0.39, 0.29) is 11.6 Å². The minimum Gasteiger partial charge on any atom is -0.256 e. The molecule has 0 radical (unpaired) electrons. The molecule has 0 aliphatic carbocycles. The fourth-order valence-corrected chi connectivity index (χ4v) is 2.06. The predicted octanol–water partition coefficient (Wildman–Crippen LogP) is 4.89. The lowest BCUT2D eigenvalue weighted by molar-refractivity contribution is -0.137. The molecule has 2 aromatic rings. The third kappa shape index (κ3) is 2.78. The van der Waals surface area contributed by atoms with E-state index < -0.39 is 11.7 Å². The molecule has 0 N–H and O–H groups in total. The van der Waals surface area contributed by atoms with Gasteiger partial charge in [0.2, 0.25) is 0 Å². The maximum Gasteiger partial charge on any atom is 0.418 e. The molecule has 0 bridgehead atoms. The summed E-state index contributed by atoms with van der Waals surface area (Å²) in [7, 11) is 0. The molecule has 0 spiro atoms. The summed E-state index contributed by atoms with van der Waals surface area (Å²) in [5.41, 5.74) is 0.722. The van der Waals surface area contributed by atoms with Crippen LogP contribution in [0.4, 0.5) is 13.2 Å². The SMILES string of the molecule is CC(C)c1ccccc1-c1ncccc1C(F)(F)F. The molecule has 0 aliphatic heterocycles. The minimum absolute atomic E-state index is 0.000648. The van der Waals surface area contributed by atoms with E-state index in [1.165, 1.54) is 12.3 Å². The third-order valence-corrected chi connectivity index (χ3v) is 2.95. The normalized spacial score (nSPS) is 11.9. The lowest BCUT2D eigenvalue weighted by Gasteiger charge is -2.16. The maximum absolute atomic E-state index is 13.0. The zero-order chi connectivity index (χ0) is 14.0. The van der Waals surface area contributed by atoms with Crippen molar-refractivity contribution in [2.75, 3.05) is 0 Å². The number of rotatable bonds is 2. The second-order valence-corrected chi connectivity index (χ2v) is 4.64. The second-order valence-electron chi connectivity index (χ2n) is 4.64. The molecule has 1 nitrogen and oxygen atoms in total. The Morgan fingerprint density at radius 2 is 1.68 bits per heavy atom. The maximum atomic E-state index is 13.0. The Labute approximate surface area is 110 Å². The van der Waals surface area contributed by atoms with Crippen LogP contribution >= 0.6 is 0 Å². The molecule has 1 aromatic carbocycles. The Morgan fingerprint density at radius 1 is 1.00 bits per heavy atom. The number of halogens is 3. The van der Waals surface area contributed by atoms with E-state index in [1.54, 1.807) is 12.1 Å². The molecule has 4 heteroatoms. The first kappa shape index (κ1) is 13.6. The van der Waals surface area contributed by atoms with Crippen LogP contribution in [-0.4, -0.2) is 4.98 Å². The van der Waals surface area contributed by atoms with Gasteiger partial charge in [0, 0.05) is 11.8 Å². The van der Waals surface area contributed by atoms with Crippen molar-refractivity contribution in [2.24, 2.45) is 0 Å². The van der Waals surface area contributed by atoms with Crippen molar-refractivity contribution >= 4 is 0 Å². The molecule has 0 amide bonds. The Kier molecular flexibility index (Phi) is 3.60. The summed E-state index contributed by atoms with van der Waals surface area (Å²) < 4.78 is 39.1. The van der Waals surface area contributed by atoms with Crippen molar-refractivity contribution in [3.8, 4) is 11.3 Å². The number of alkyl halides is 3. The highest BCUT2D eigenvalue weighted by Gasteiger charge is 2.34. The fourth-order valence-electron chi connectivity index (χ4n) is 2.06. The van der Waals surface area contributed by atoms with Gasteiger partial charge in [0.1, 0.15) is 0 Å². The summed E-state index contributed by atoms with van der Waals surface area (Å²) in [6.07, 6.45) is -3.00. The molecule has 0 unspecified atom stereocenters. The summed E-state index contributed by atoms with van der Waals surface area (Å²) in [6.45, 7) is 3.91. The van der Waals surface area contributed by atoms with E-state index in [4.69, 9.17) is 0 Å². The van der Waals surface area contributed by atoms with Gasteiger partial charge in [-0.1, -0.05) is 38.1 Å². The van der Waals surface area contributed by atoms with Gasteiger partial charge in [0.15, 0.2) is 0 Å². The first-order valence-electron chi connectivity index (χ1n) is 6.02. The monoisotopic (exact) mass is 265 g/mol. The van der Waals surface area contributed by atoms with Crippen molar-refractivity contribution in [2.45, 2.75) is 25.9 Å². The van der Waals surface area contributed by atoms with Crippen LogP contribution in [0.5, 0.6) is 0 Å². The molecule has 0 saturated heterocycles. The van der Waals surface area contributed by atoms with Crippen molar-refractivity contribution < 1.29 is 13.2 Å². The van der Waals surface area contributed by atoms with Crippen molar-refractivity contribution in [3.05, 3.63) is 53.7 Å². The van der Waals surface area contributed by atoms with Crippen LogP contribution in [0.3, 0.4) is 0 Å². The average Bonchev–Trinajstić information content (AvgIpc) is 2.37. The number of hydrogen-bond donors (Lipinski definition) is 0. The van der Waals surface area contributed by atoms with Crippen molar-refractivity contribution in [1.29, 1.82) is 0 Å². The second kappa shape index (κ2) is 5.03.